The zero-order chi connectivity index (χ0) is 19.7. The Bertz CT molecular complexity index is 994. The van der Waals surface area contributed by atoms with E-state index >= 15 is 0 Å². The Morgan fingerprint density at radius 3 is 2.86 bits per heavy atom. The van der Waals surface area contributed by atoms with Crippen LogP contribution in [0.1, 0.15) is 54.8 Å². The lowest BCUT2D eigenvalue weighted by atomic mass is 9.96. The molecule has 0 saturated carbocycles. The number of nitrogens with zero attached hydrogens (tertiary/aromatic N) is 4. The molecule has 3 aromatic rings. The van der Waals surface area contributed by atoms with E-state index in [1.165, 1.54) is 5.52 Å². The van der Waals surface area contributed by atoms with Crippen LogP contribution in [0.25, 0.3) is 11.0 Å². The summed E-state index contributed by atoms with van der Waals surface area (Å²) in [4.78, 5) is 24.2. The topological polar surface area (TPSA) is 63.1 Å². The van der Waals surface area contributed by atoms with Crippen molar-refractivity contribution in [2.45, 2.75) is 38.6 Å². The molecule has 1 N–H and O–H groups in total. The van der Waals surface area contributed by atoms with Gasteiger partial charge in [0.25, 0.3) is 5.91 Å². The van der Waals surface area contributed by atoms with Crippen LogP contribution in [0.15, 0.2) is 42.6 Å². The largest absolute Gasteiger partial charge is 0.373 e. The summed E-state index contributed by atoms with van der Waals surface area (Å²) >= 11 is 0. The molecule has 1 atom stereocenters. The number of imidazole rings is 1. The first-order valence-electron chi connectivity index (χ1n) is 9.98. The highest BCUT2D eigenvalue weighted by molar-refractivity contribution is 5.95. The summed E-state index contributed by atoms with van der Waals surface area (Å²) in [5.41, 5.74) is 2.88. The van der Waals surface area contributed by atoms with Crippen LogP contribution in [0, 0.1) is 0 Å². The average molecular weight is 377 g/mol. The van der Waals surface area contributed by atoms with Gasteiger partial charge in [0.05, 0.1) is 11.0 Å². The number of para-hydroxylation sites is 2. The molecule has 0 aliphatic carbocycles. The maximum Gasteiger partial charge on any atom is 0.254 e. The van der Waals surface area contributed by atoms with Crippen molar-refractivity contribution in [2.75, 3.05) is 25.5 Å². The highest BCUT2D eigenvalue weighted by atomic mass is 16.2. The standard InChI is InChI=1S/C22H27N5O/c1-15(2)27-19-9-5-4-8-18(19)25-21(27)17-7-6-12-26(14-17)22(28)16-10-11-24-20(13-16)23-3/h4-5,8-11,13,15,17H,6-7,12,14H2,1-3H3,(H,23,24)/t17-/m1/s1. The van der Waals surface area contributed by atoms with Crippen molar-refractivity contribution in [3.8, 4) is 0 Å². The van der Waals surface area contributed by atoms with Gasteiger partial charge in [-0.25, -0.2) is 9.97 Å². The van der Waals surface area contributed by atoms with Crippen molar-refractivity contribution in [3.05, 3.63) is 54.0 Å². The molecule has 1 saturated heterocycles. The maximum absolute atomic E-state index is 13.1. The number of pyridine rings is 1. The van der Waals surface area contributed by atoms with E-state index in [-0.39, 0.29) is 11.8 Å². The number of piperidine rings is 1. The van der Waals surface area contributed by atoms with E-state index in [0.717, 1.165) is 30.7 Å². The molecular formula is C22H27N5O. The number of carbonyl (C=O) groups is 1. The van der Waals surface area contributed by atoms with Gasteiger partial charge in [-0.15, -0.1) is 0 Å². The Morgan fingerprint density at radius 1 is 1.25 bits per heavy atom. The molecule has 1 amide bonds. The number of fused-ring (bicyclic) bond motifs is 1. The molecular weight excluding hydrogens is 350 g/mol. The van der Waals surface area contributed by atoms with Crippen LogP contribution >= 0.6 is 0 Å². The third kappa shape index (κ3) is 3.35. The van der Waals surface area contributed by atoms with E-state index < -0.39 is 0 Å². The Balaban J connectivity index is 1.63. The van der Waals surface area contributed by atoms with Crippen LogP contribution in [0.2, 0.25) is 0 Å². The van der Waals surface area contributed by atoms with Gasteiger partial charge in [0.2, 0.25) is 0 Å². The average Bonchev–Trinajstić information content (AvgIpc) is 3.13. The highest BCUT2D eigenvalue weighted by Crippen LogP contribution is 2.32. The second-order valence-corrected chi connectivity index (χ2v) is 7.69. The van der Waals surface area contributed by atoms with Gasteiger partial charge in [0, 0.05) is 43.9 Å². The second kappa shape index (κ2) is 7.62. The van der Waals surface area contributed by atoms with E-state index in [1.807, 2.05) is 24.1 Å². The molecule has 0 bridgehead atoms. The lowest BCUT2D eigenvalue weighted by Crippen LogP contribution is -2.39. The molecule has 0 radical (unpaired) electrons. The summed E-state index contributed by atoms with van der Waals surface area (Å²) < 4.78 is 2.33. The minimum absolute atomic E-state index is 0.0656. The molecule has 1 aromatic carbocycles. The van der Waals surface area contributed by atoms with Gasteiger partial charge in [-0.05, 0) is 51.0 Å². The van der Waals surface area contributed by atoms with Gasteiger partial charge in [-0.1, -0.05) is 12.1 Å². The third-order valence-electron chi connectivity index (χ3n) is 5.48. The molecule has 0 unspecified atom stereocenters. The summed E-state index contributed by atoms with van der Waals surface area (Å²) in [5.74, 6) is 2.12. The lowest BCUT2D eigenvalue weighted by Gasteiger charge is -2.33. The number of likely N-dealkylation sites (tertiary alicyclic amines) is 1. The Labute approximate surface area is 165 Å². The minimum atomic E-state index is 0.0656. The molecule has 146 valence electrons. The van der Waals surface area contributed by atoms with Crippen LogP contribution in [0.5, 0.6) is 0 Å². The van der Waals surface area contributed by atoms with E-state index in [0.29, 0.717) is 24.0 Å². The normalized spacial score (nSPS) is 17.3. The Hall–Kier alpha value is -2.89. The highest BCUT2D eigenvalue weighted by Gasteiger charge is 2.29. The fourth-order valence-corrected chi connectivity index (χ4v) is 4.15. The van der Waals surface area contributed by atoms with Crippen molar-refractivity contribution in [1.29, 1.82) is 0 Å². The first-order chi connectivity index (χ1) is 13.6. The van der Waals surface area contributed by atoms with E-state index in [1.54, 1.807) is 12.3 Å². The molecule has 1 fully saturated rings. The molecule has 4 rings (SSSR count). The number of anilines is 1. The molecule has 6 heteroatoms. The van der Waals surface area contributed by atoms with Gasteiger partial charge in [0.15, 0.2) is 0 Å². The number of hydrogen-bond acceptors (Lipinski definition) is 4. The summed E-state index contributed by atoms with van der Waals surface area (Å²) in [6.45, 7) is 5.87. The fourth-order valence-electron chi connectivity index (χ4n) is 4.15. The number of carbonyl (C=O) groups excluding carboxylic acids is 1. The van der Waals surface area contributed by atoms with E-state index in [9.17, 15) is 4.79 Å². The SMILES string of the molecule is CNc1cc(C(=O)N2CCC[C@@H](c3nc4ccccc4n3C(C)C)C2)ccn1. The second-order valence-electron chi connectivity index (χ2n) is 7.69. The van der Waals surface area contributed by atoms with Gasteiger partial charge in [-0.3, -0.25) is 4.79 Å². The fraction of sp³-hybridized carbons (Fsp3) is 0.409. The first-order valence-corrected chi connectivity index (χ1v) is 9.98. The smallest absolute Gasteiger partial charge is 0.254 e. The minimum Gasteiger partial charge on any atom is -0.373 e. The number of amides is 1. The molecule has 0 spiro atoms. The molecule has 6 nitrogen and oxygen atoms in total. The van der Waals surface area contributed by atoms with Crippen LogP contribution in [0.4, 0.5) is 5.82 Å². The molecule has 1 aliphatic heterocycles. The van der Waals surface area contributed by atoms with Crippen molar-refractivity contribution < 1.29 is 4.79 Å². The van der Waals surface area contributed by atoms with Gasteiger partial charge in [-0.2, -0.15) is 0 Å². The summed E-state index contributed by atoms with van der Waals surface area (Å²) in [6.07, 6.45) is 3.72. The molecule has 3 heterocycles. The molecule has 2 aromatic heterocycles. The van der Waals surface area contributed by atoms with Crippen LogP contribution in [-0.2, 0) is 0 Å². The summed E-state index contributed by atoms with van der Waals surface area (Å²) in [6, 6.07) is 12.2. The predicted molar refractivity (Wildman–Crippen MR) is 112 cm³/mol. The van der Waals surface area contributed by atoms with E-state index in [2.05, 4.69) is 46.9 Å². The Morgan fingerprint density at radius 2 is 2.07 bits per heavy atom. The predicted octanol–water partition coefficient (Wildman–Crippen LogP) is 4.07. The van der Waals surface area contributed by atoms with E-state index in [4.69, 9.17) is 4.98 Å². The number of hydrogen-bond donors (Lipinski definition) is 1. The number of nitrogens with one attached hydrogen (secondary N) is 1. The van der Waals surface area contributed by atoms with Crippen LogP contribution in [0.3, 0.4) is 0 Å². The quantitative estimate of drug-likeness (QED) is 0.744. The van der Waals surface area contributed by atoms with Crippen molar-refractivity contribution in [1.82, 2.24) is 19.4 Å². The number of rotatable bonds is 4. The van der Waals surface area contributed by atoms with Gasteiger partial charge >= 0.3 is 0 Å². The summed E-state index contributed by atoms with van der Waals surface area (Å²) in [7, 11) is 1.81. The zero-order valence-corrected chi connectivity index (χ0v) is 16.7. The third-order valence-corrected chi connectivity index (χ3v) is 5.48. The summed E-state index contributed by atoms with van der Waals surface area (Å²) in [5, 5.41) is 3.00. The Kier molecular flexibility index (Phi) is 5.03. The number of benzene rings is 1. The van der Waals surface area contributed by atoms with Gasteiger partial charge < -0.3 is 14.8 Å². The number of aromatic nitrogens is 3. The molecule has 28 heavy (non-hydrogen) atoms. The van der Waals surface area contributed by atoms with Crippen LogP contribution < -0.4 is 5.32 Å². The van der Waals surface area contributed by atoms with Crippen LogP contribution in [-0.4, -0.2) is 45.5 Å². The monoisotopic (exact) mass is 377 g/mol. The van der Waals surface area contributed by atoms with Crippen molar-refractivity contribution in [3.63, 3.8) is 0 Å². The van der Waals surface area contributed by atoms with Crippen molar-refractivity contribution in [2.24, 2.45) is 0 Å². The van der Waals surface area contributed by atoms with Crippen molar-refractivity contribution >= 4 is 22.8 Å². The zero-order valence-electron chi connectivity index (χ0n) is 16.7. The molecule has 1 aliphatic rings. The van der Waals surface area contributed by atoms with Gasteiger partial charge in [0.1, 0.15) is 11.6 Å². The maximum atomic E-state index is 13.1. The first kappa shape index (κ1) is 18.5. The lowest BCUT2D eigenvalue weighted by molar-refractivity contribution is 0.0703.